The summed E-state index contributed by atoms with van der Waals surface area (Å²) in [4.78, 5) is 24.9. The molecule has 1 N–H and O–H groups in total. The Balaban J connectivity index is 1.63. The number of anilines is 1. The smallest absolute Gasteiger partial charge is 0.273 e. The van der Waals surface area contributed by atoms with E-state index in [0.717, 1.165) is 17.7 Å². The number of benzene rings is 3. The zero-order chi connectivity index (χ0) is 22.1. The Morgan fingerprint density at radius 2 is 1.68 bits per heavy atom. The number of hydrogen-bond acceptors (Lipinski definition) is 5. The SMILES string of the molecule is CCc1ccc(-n2nc3cc(C)c(NC(=O)c4ccc(C)c([N+](=O)[O-])c4)cc3n2)cc1. The van der Waals surface area contributed by atoms with Gasteiger partial charge in [0.25, 0.3) is 11.6 Å². The molecule has 1 aromatic heterocycles. The van der Waals surface area contributed by atoms with Crippen molar-refractivity contribution in [1.29, 1.82) is 0 Å². The minimum atomic E-state index is -0.491. The van der Waals surface area contributed by atoms with E-state index >= 15 is 0 Å². The van der Waals surface area contributed by atoms with Gasteiger partial charge in [0.2, 0.25) is 0 Å². The zero-order valence-corrected chi connectivity index (χ0v) is 17.4. The molecule has 4 rings (SSSR count). The van der Waals surface area contributed by atoms with Gasteiger partial charge in [0.1, 0.15) is 11.0 Å². The van der Waals surface area contributed by atoms with Crippen LogP contribution in [0.25, 0.3) is 16.7 Å². The third-order valence-electron chi connectivity index (χ3n) is 5.22. The van der Waals surface area contributed by atoms with Crippen LogP contribution in [0, 0.1) is 24.0 Å². The standard InChI is InChI=1S/C23H21N5O3/c1-4-16-6-9-18(10-7-16)27-25-20-11-15(3)19(13-21(20)26-27)24-23(29)17-8-5-14(2)22(12-17)28(30)31/h5-13H,4H2,1-3H3,(H,24,29). The Kier molecular flexibility index (Phi) is 5.21. The molecule has 0 aliphatic carbocycles. The second kappa shape index (κ2) is 7.98. The number of nitro groups is 1. The fraction of sp³-hybridized carbons (Fsp3) is 0.174. The first kappa shape index (κ1) is 20.2. The Labute approximate surface area is 178 Å². The van der Waals surface area contributed by atoms with Gasteiger partial charge < -0.3 is 5.32 Å². The minimum absolute atomic E-state index is 0.0862. The van der Waals surface area contributed by atoms with Crippen molar-refractivity contribution in [1.82, 2.24) is 15.0 Å². The van der Waals surface area contributed by atoms with Gasteiger partial charge in [0.05, 0.1) is 10.6 Å². The Bertz CT molecular complexity index is 1310. The molecule has 0 unspecified atom stereocenters. The van der Waals surface area contributed by atoms with Gasteiger partial charge in [0.15, 0.2) is 0 Å². The summed E-state index contributed by atoms with van der Waals surface area (Å²) >= 11 is 0. The lowest BCUT2D eigenvalue weighted by molar-refractivity contribution is -0.385. The first-order valence-electron chi connectivity index (χ1n) is 9.89. The van der Waals surface area contributed by atoms with Gasteiger partial charge in [-0.25, -0.2) is 0 Å². The first-order chi connectivity index (χ1) is 14.9. The molecule has 1 heterocycles. The topological polar surface area (TPSA) is 103 Å². The molecule has 0 bridgehead atoms. The predicted molar refractivity (Wildman–Crippen MR) is 119 cm³/mol. The number of rotatable bonds is 5. The minimum Gasteiger partial charge on any atom is -0.322 e. The number of nitrogens with one attached hydrogen (secondary N) is 1. The highest BCUT2D eigenvalue weighted by Gasteiger charge is 2.16. The van der Waals surface area contributed by atoms with Crippen LogP contribution in [-0.4, -0.2) is 25.8 Å². The Morgan fingerprint density at radius 1 is 1.00 bits per heavy atom. The van der Waals surface area contributed by atoms with Crippen molar-refractivity contribution in [2.75, 3.05) is 5.32 Å². The summed E-state index contributed by atoms with van der Waals surface area (Å²) in [6.07, 6.45) is 0.960. The van der Waals surface area contributed by atoms with Crippen LogP contribution in [0.5, 0.6) is 0 Å². The molecule has 8 nitrogen and oxygen atoms in total. The molecule has 1 amide bonds. The largest absolute Gasteiger partial charge is 0.322 e. The number of aryl methyl sites for hydroxylation is 3. The number of carbonyl (C=O) groups is 1. The molecule has 0 radical (unpaired) electrons. The first-order valence-corrected chi connectivity index (χ1v) is 9.89. The normalized spacial score (nSPS) is 10.9. The average Bonchev–Trinajstić information content (AvgIpc) is 3.16. The van der Waals surface area contributed by atoms with Crippen LogP contribution >= 0.6 is 0 Å². The Morgan fingerprint density at radius 3 is 2.32 bits per heavy atom. The van der Waals surface area contributed by atoms with Crippen molar-refractivity contribution in [2.45, 2.75) is 27.2 Å². The van der Waals surface area contributed by atoms with Crippen LogP contribution in [0.2, 0.25) is 0 Å². The van der Waals surface area contributed by atoms with E-state index < -0.39 is 10.8 Å². The third kappa shape index (κ3) is 4.00. The maximum atomic E-state index is 12.7. The van der Waals surface area contributed by atoms with Crippen LogP contribution in [-0.2, 0) is 6.42 Å². The summed E-state index contributed by atoms with van der Waals surface area (Å²) in [5.41, 5.74) is 5.46. The summed E-state index contributed by atoms with van der Waals surface area (Å²) in [7, 11) is 0. The lowest BCUT2D eigenvalue weighted by atomic mass is 10.1. The lowest BCUT2D eigenvalue weighted by Gasteiger charge is -2.08. The van der Waals surface area contributed by atoms with Crippen molar-refractivity contribution >= 4 is 28.3 Å². The zero-order valence-electron chi connectivity index (χ0n) is 17.4. The molecule has 0 spiro atoms. The average molecular weight is 415 g/mol. The molecular weight excluding hydrogens is 394 g/mol. The van der Waals surface area contributed by atoms with E-state index in [1.54, 1.807) is 29.9 Å². The van der Waals surface area contributed by atoms with E-state index in [0.29, 0.717) is 22.3 Å². The second-order valence-electron chi connectivity index (χ2n) is 7.38. The van der Waals surface area contributed by atoms with E-state index in [4.69, 9.17) is 0 Å². The number of amides is 1. The van der Waals surface area contributed by atoms with Gasteiger partial charge in [-0.1, -0.05) is 25.1 Å². The molecule has 0 aliphatic heterocycles. The number of hydrogen-bond donors (Lipinski definition) is 1. The van der Waals surface area contributed by atoms with Crippen molar-refractivity contribution in [3.63, 3.8) is 0 Å². The molecule has 3 aromatic carbocycles. The van der Waals surface area contributed by atoms with Crippen molar-refractivity contribution in [3.8, 4) is 5.69 Å². The van der Waals surface area contributed by atoms with Crippen molar-refractivity contribution in [3.05, 3.63) is 87.0 Å². The Hall–Kier alpha value is -4.07. The summed E-state index contributed by atoms with van der Waals surface area (Å²) in [6, 6.07) is 16.1. The highest BCUT2D eigenvalue weighted by atomic mass is 16.6. The van der Waals surface area contributed by atoms with Gasteiger partial charge in [-0.2, -0.15) is 4.80 Å². The highest BCUT2D eigenvalue weighted by Crippen LogP contribution is 2.24. The quantitative estimate of drug-likeness (QED) is 0.374. The van der Waals surface area contributed by atoms with E-state index in [1.165, 1.54) is 11.6 Å². The molecule has 31 heavy (non-hydrogen) atoms. The second-order valence-corrected chi connectivity index (χ2v) is 7.38. The fourth-order valence-corrected chi connectivity index (χ4v) is 3.32. The molecular formula is C23H21N5O3. The van der Waals surface area contributed by atoms with Crippen LogP contribution in [0.4, 0.5) is 11.4 Å². The molecule has 0 fully saturated rings. The predicted octanol–water partition coefficient (Wildman–Crippen LogP) is 4.76. The van der Waals surface area contributed by atoms with Gasteiger partial charge in [-0.05, 0) is 61.7 Å². The van der Waals surface area contributed by atoms with E-state index in [1.807, 2.05) is 37.3 Å². The van der Waals surface area contributed by atoms with Gasteiger partial charge in [-0.3, -0.25) is 14.9 Å². The molecule has 0 saturated carbocycles. The van der Waals surface area contributed by atoms with Gasteiger partial charge in [0, 0.05) is 22.9 Å². The summed E-state index contributed by atoms with van der Waals surface area (Å²) in [5.74, 6) is -0.423. The maximum absolute atomic E-state index is 12.7. The van der Waals surface area contributed by atoms with Crippen LogP contribution in [0.15, 0.2) is 54.6 Å². The highest BCUT2D eigenvalue weighted by molar-refractivity contribution is 6.05. The maximum Gasteiger partial charge on any atom is 0.273 e. The third-order valence-corrected chi connectivity index (χ3v) is 5.22. The van der Waals surface area contributed by atoms with Crippen LogP contribution in [0.1, 0.15) is 34.0 Å². The molecule has 4 aromatic rings. The fourth-order valence-electron chi connectivity index (χ4n) is 3.32. The van der Waals surface area contributed by atoms with Crippen LogP contribution in [0.3, 0.4) is 0 Å². The van der Waals surface area contributed by atoms with Crippen molar-refractivity contribution in [2.24, 2.45) is 0 Å². The molecule has 0 saturated heterocycles. The van der Waals surface area contributed by atoms with Crippen molar-refractivity contribution < 1.29 is 9.72 Å². The summed E-state index contributed by atoms with van der Waals surface area (Å²) < 4.78 is 0. The van der Waals surface area contributed by atoms with Crippen LogP contribution < -0.4 is 5.32 Å². The summed E-state index contributed by atoms with van der Waals surface area (Å²) in [5, 5.41) is 23.1. The summed E-state index contributed by atoms with van der Waals surface area (Å²) in [6.45, 7) is 5.60. The molecule has 0 atom stereocenters. The number of fused-ring (bicyclic) bond motifs is 1. The monoisotopic (exact) mass is 415 g/mol. The number of aromatic nitrogens is 3. The van der Waals surface area contributed by atoms with Gasteiger partial charge in [-0.15, -0.1) is 10.2 Å². The number of carbonyl (C=O) groups excluding carboxylic acids is 1. The van der Waals surface area contributed by atoms with E-state index in [-0.39, 0.29) is 11.3 Å². The molecule has 156 valence electrons. The van der Waals surface area contributed by atoms with E-state index in [2.05, 4.69) is 22.4 Å². The lowest BCUT2D eigenvalue weighted by Crippen LogP contribution is -2.13. The number of nitro benzene ring substituents is 1. The molecule has 0 aliphatic rings. The van der Waals surface area contributed by atoms with Gasteiger partial charge >= 0.3 is 0 Å². The molecule has 8 heteroatoms. The number of nitrogens with zero attached hydrogens (tertiary/aromatic N) is 4. The van der Waals surface area contributed by atoms with E-state index in [9.17, 15) is 14.9 Å².